The zero-order valence-electron chi connectivity index (χ0n) is 17.6. The summed E-state index contributed by atoms with van der Waals surface area (Å²) in [6, 6.07) is 20.1. The smallest absolute Gasteiger partial charge is 0.317 e. The maximum atomic E-state index is 12.9. The van der Waals surface area contributed by atoms with Crippen molar-refractivity contribution in [2.24, 2.45) is 0 Å². The molecule has 158 valence electrons. The highest BCUT2D eigenvalue weighted by Crippen LogP contribution is 2.27. The number of nitrogens with zero attached hydrogens (tertiary/aromatic N) is 2. The Labute approximate surface area is 177 Å². The van der Waals surface area contributed by atoms with Crippen LogP contribution in [-0.2, 0) is 4.74 Å². The van der Waals surface area contributed by atoms with E-state index < -0.39 is 0 Å². The number of hydrogen-bond donors (Lipinski definition) is 1. The number of para-hydroxylation sites is 1. The topological polar surface area (TPSA) is 58.0 Å². The molecular formula is C24H29N3O3. The van der Waals surface area contributed by atoms with Crippen LogP contribution < -0.4 is 5.32 Å². The molecule has 6 nitrogen and oxygen atoms in total. The predicted octanol–water partition coefficient (Wildman–Crippen LogP) is 4.21. The summed E-state index contributed by atoms with van der Waals surface area (Å²) in [5, 5.41) is 4.17. The lowest BCUT2D eigenvalue weighted by molar-refractivity contribution is 0.0164. The van der Waals surface area contributed by atoms with Gasteiger partial charge in [0.2, 0.25) is 0 Å². The Hall–Kier alpha value is -2.83. The van der Waals surface area contributed by atoms with Gasteiger partial charge in [-0.1, -0.05) is 48.5 Å². The van der Waals surface area contributed by atoms with Crippen LogP contribution in [0.25, 0.3) is 11.0 Å². The van der Waals surface area contributed by atoms with Crippen molar-refractivity contribution in [2.75, 3.05) is 39.9 Å². The standard InChI is InChI=1S/C24H29N3O3/c1-18(23-16-20-10-6-7-11-22(20)30-23)26(2)24(28)25-17-21(19-8-4-3-5-9-19)27-12-14-29-15-13-27/h3-11,16,18,21H,12-15,17H2,1-2H3,(H,25,28)/t18-,21-/m1/s1. The molecule has 2 aromatic carbocycles. The van der Waals surface area contributed by atoms with Crippen LogP contribution in [0.1, 0.15) is 30.3 Å². The number of rotatable bonds is 6. The molecule has 4 rings (SSSR count). The lowest BCUT2D eigenvalue weighted by Crippen LogP contribution is -2.46. The van der Waals surface area contributed by atoms with E-state index in [1.165, 1.54) is 5.56 Å². The number of carbonyl (C=O) groups is 1. The van der Waals surface area contributed by atoms with E-state index in [1.807, 2.05) is 55.5 Å². The van der Waals surface area contributed by atoms with Gasteiger partial charge in [-0.15, -0.1) is 0 Å². The molecule has 1 N–H and O–H groups in total. The molecule has 3 aromatic rings. The maximum absolute atomic E-state index is 12.9. The van der Waals surface area contributed by atoms with E-state index in [4.69, 9.17) is 9.15 Å². The summed E-state index contributed by atoms with van der Waals surface area (Å²) < 4.78 is 11.5. The van der Waals surface area contributed by atoms with Crippen molar-refractivity contribution in [1.29, 1.82) is 0 Å². The summed E-state index contributed by atoms with van der Waals surface area (Å²) in [5.74, 6) is 0.779. The third kappa shape index (κ3) is 4.50. The number of nitrogens with one attached hydrogen (secondary N) is 1. The van der Waals surface area contributed by atoms with Gasteiger partial charge in [-0.05, 0) is 24.6 Å². The molecule has 6 heteroatoms. The van der Waals surface area contributed by atoms with Crippen LogP contribution in [0.4, 0.5) is 4.79 Å². The summed E-state index contributed by atoms with van der Waals surface area (Å²) in [5.41, 5.74) is 2.04. The van der Waals surface area contributed by atoms with Gasteiger partial charge in [-0.3, -0.25) is 4.90 Å². The molecule has 1 fully saturated rings. The Bertz CT molecular complexity index is 933. The maximum Gasteiger partial charge on any atom is 0.317 e. The first-order valence-corrected chi connectivity index (χ1v) is 10.5. The summed E-state index contributed by atoms with van der Waals surface area (Å²) in [4.78, 5) is 17.0. The molecule has 0 radical (unpaired) electrons. The van der Waals surface area contributed by atoms with Gasteiger partial charge < -0.3 is 19.4 Å². The van der Waals surface area contributed by atoms with Gasteiger partial charge in [0.15, 0.2) is 0 Å². The lowest BCUT2D eigenvalue weighted by atomic mass is 10.0. The highest BCUT2D eigenvalue weighted by molar-refractivity contribution is 5.78. The van der Waals surface area contributed by atoms with Gasteiger partial charge in [0, 0.05) is 32.1 Å². The fourth-order valence-electron chi connectivity index (χ4n) is 3.91. The number of amides is 2. The van der Waals surface area contributed by atoms with Crippen LogP contribution in [0.15, 0.2) is 65.1 Å². The Balaban J connectivity index is 1.43. The SMILES string of the molecule is C[C@H](c1cc2ccccc2o1)N(C)C(=O)NC[C@H](c1ccccc1)N1CCOCC1. The molecule has 1 aliphatic rings. The molecule has 0 unspecified atom stereocenters. The molecule has 30 heavy (non-hydrogen) atoms. The first-order valence-electron chi connectivity index (χ1n) is 10.5. The third-order valence-electron chi connectivity index (χ3n) is 5.88. The van der Waals surface area contributed by atoms with Crippen molar-refractivity contribution >= 4 is 17.0 Å². The molecule has 0 aliphatic carbocycles. The second-order valence-electron chi connectivity index (χ2n) is 7.73. The number of morpholine rings is 1. The fourth-order valence-corrected chi connectivity index (χ4v) is 3.91. The van der Waals surface area contributed by atoms with Crippen LogP contribution in [-0.4, -0.2) is 55.7 Å². The molecule has 0 bridgehead atoms. The van der Waals surface area contributed by atoms with Crippen molar-refractivity contribution in [3.63, 3.8) is 0 Å². The number of fused-ring (bicyclic) bond motifs is 1. The van der Waals surface area contributed by atoms with Crippen LogP contribution in [0.3, 0.4) is 0 Å². The highest BCUT2D eigenvalue weighted by atomic mass is 16.5. The van der Waals surface area contributed by atoms with Crippen molar-refractivity contribution in [3.8, 4) is 0 Å². The van der Waals surface area contributed by atoms with E-state index in [1.54, 1.807) is 11.9 Å². The zero-order valence-corrected chi connectivity index (χ0v) is 17.6. The van der Waals surface area contributed by atoms with E-state index in [0.717, 1.165) is 43.0 Å². The van der Waals surface area contributed by atoms with Crippen LogP contribution in [0, 0.1) is 0 Å². The number of benzene rings is 2. The minimum atomic E-state index is -0.170. The normalized spacial score (nSPS) is 16.9. The van der Waals surface area contributed by atoms with Crippen molar-refractivity contribution in [1.82, 2.24) is 15.1 Å². The molecule has 1 aromatic heterocycles. The van der Waals surface area contributed by atoms with Gasteiger partial charge in [0.05, 0.1) is 25.3 Å². The summed E-state index contributed by atoms with van der Waals surface area (Å²) in [6.45, 7) is 5.69. The van der Waals surface area contributed by atoms with Crippen molar-refractivity contribution in [3.05, 3.63) is 72.0 Å². The van der Waals surface area contributed by atoms with Crippen molar-refractivity contribution < 1.29 is 13.9 Å². The van der Waals surface area contributed by atoms with Crippen LogP contribution >= 0.6 is 0 Å². The molecule has 2 amide bonds. The Morgan fingerprint density at radius 1 is 1.10 bits per heavy atom. The number of hydrogen-bond acceptors (Lipinski definition) is 4. The van der Waals surface area contributed by atoms with Gasteiger partial charge in [0.25, 0.3) is 0 Å². The second-order valence-corrected chi connectivity index (χ2v) is 7.73. The number of ether oxygens (including phenoxy) is 1. The molecule has 0 spiro atoms. The Morgan fingerprint density at radius 2 is 1.80 bits per heavy atom. The van der Waals surface area contributed by atoms with Crippen LogP contribution in [0.5, 0.6) is 0 Å². The monoisotopic (exact) mass is 407 g/mol. The number of carbonyl (C=O) groups excluding carboxylic acids is 1. The number of urea groups is 1. The minimum Gasteiger partial charge on any atom is -0.459 e. The zero-order chi connectivity index (χ0) is 20.9. The molecule has 2 atom stereocenters. The van der Waals surface area contributed by atoms with E-state index >= 15 is 0 Å². The van der Waals surface area contributed by atoms with Gasteiger partial charge >= 0.3 is 6.03 Å². The third-order valence-corrected chi connectivity index (χ3v) is 5.88. The predicted molar refractivity (Wildman–Crippen MR) is 117 cm³/mol. The van der Waals surface area contributed by atoms with Gasteiger partial charge in [-0.2, -0.15) is 0 Å². The van der Waals surface area contributed by atoms with Gasteiger partial charge in [-0.25, -0.2) is 4.79 Å². The van der Waals surface area contributed by atoms with E-state index in [-0.39, 0.29) is 18.1 Å². The molecule has 2 heterocycles. The summed E-state index contributed by atoms with van der Waals surface area (Å²) >= 11 is 0. The van der Waals surface area contributed by atoms with E-state index in [9.17, 15) is 4.79 Å². The Kier molecular flexibility index (Phi) is 6.35. The first kappa shape index (κ1) is 20.4. The average Bonchev–Trinajstić information content (AvgIpc) is 3.24. The largest absolute Gasteiger partial charge is 0.459 e. The lowest BCUT2D eigenvalue weighted by Gasteiger charge is -2.35. The van der Waals surface area contributed by atoms with Crippen LogP contribution in [0.2, 0.25) is 0 Å². The minimum absolute atomic E-state index is 0.114. The summed E-state index contributed by atoms with van der Waals surface area (Å²) in [7, 11) is 1.81. The van der Waals surface area contributed by atoms with E-state index in [0.29, 0.717) is 6.54 Å². The Morgan fingerprint density at radius 3 is 2.53 bits per heavy atom. The molecule has 0 saturated carbocycles. The fraction of sp³-hybridized carbons (Fsp3) is 0.375. The number of furan rings is 1. The molecule has 1 saturated heterocycles. The van der Waals surface area contributed by atoms with Crippen molar-refractivity contribution in [2.45, 2.75) is 19.0 Å². The highest BCUT2D eigenvalue weighted by Gasteiger charge is 2.25. The summed E-state index contributed by atoms with van der Waals surface area (Å²) in [6.07, 6.45) is 0. The first-order chi connectivity index (χ1) is 14.6. The average molecular weight is 408 g/mol. The molecular weight excluding hydrogens is 378 g/mol. The quantitative estimate of drug-likeness (QED) is 0.665. The van der Waals surface area contributed by atoms with E-state index in [2.05, 4.69) is 22.3 Å². The molecule has 1 aliphatic heterocycles. The second kappa shape index (κ2) is 9.32. The van der Waals surface area contributed by atoms with Gasteiger partial charge in [0.1, 0.15) is 11.3 Å².